The van der Waals surface area contributed by atoms with Gasteiger partial charge in [-0.15, -0.1) is 0 Å². The van der Waals surface area contributed by atoms with E-state index in [1.54, 1.807) is 40.2 Å². The molecule has 3 unspecified atom stereocenters. The van der Waals surface area contributed by atoms with E-state index in [1.807, 2.05) is 24.6 Å². The first-order valence-electron chi connectivity index (χ1n) is 20.5. The van der Waals surface area contributed by atoms with Crippen LogP contribution in [0.15, 0.2) is 58.5 Å². The number of rotatable bonds is 26. The fourth-order valence-electron chi connectivity index (χ4n) is 6.72. The highest BCUT2D eigenvalue weighted by molar-refractivity contribution is 6.01. The van der Waals surface area contributed by atoms with Gasteiger partial charge in [-0.2, -0.15) is 0 Å². The van der Waals surface area contributed by atoms with Gasteiger partial charge in [0.15, 0.2) is 34.6 Å². The number of ketones is 2. The molecule has 0 amide bonds. The smallest absolute Gasteiger partial charge is 0.163 e. The molecule has 0 aromatic heterocycles. The normalized spacial score (nSPS) is 13.2. The van der Waals surface area contributed by atoms with Crippen molar-refractivity contribution in [2.45, 2.75) is 119 Å². The van der Waals surface area contributed by atoms with Crippen LogP contribution in [0.5, 0.6) is 23.0 Å². The Kier molecular flexibility index (Phi) is 19.7. The summed E-state index contributed by atoms with van der Waals surface area (Å²) in [5.41, 5.74) is 4.93. The first-order valence-corrected chi connectivity index (χ1v) is 20.5. The summed E-state index contributed by atoms with van der Waals surface area (Å²) in [6.45, 7) is 15.1. The number of Topliss-reactive ketones (excluding diaryl/α,β-unsaturated/α-hetero) is 2. The summed E-state index contributed by atoms with van der Waals surface area (Å²) in [7, 11) is 3.17. The maximum atomic E-state index is 12.7. The molecular weight excluding hydrogens is 689 g/mol. The van der Waals surface area contributed by atoms with Crippen LogP contribution in [0.3, 0.4) is 0 Å². The number of methoxy groups -OCH3 is 2. The molecule has 3 atom stereocenters. The molecule has 0 heterocycles. The van der Waals surface area contributed by atoms with Crippen molar-refractivity contribution < 1.29 is 28.5 Å². The first-order chi connectivity index (χ1) is 26.6. The van der Waals surface area contributed by atoms with Crippen LogP contribution >= 0.6 is 0 Å². The average Bonchev–Trinajstić information content (AvgIpc) is 3.19. The van der Waals surface area contributed by atoms with E-state index in [-0.39, 0.29) is 17.5 Å². The molecular formula is C47H66N2O6. The van der Waals surface area contributed by atoms with Gasteiger partial charge in [-0.25, -0.2) is 0 Å². The Morgan fingerprint density at radius 1 is 0.673 bits per heavy atom. The van der Waals surface area contributed by atoms with Gasteiger partial charge in [0.2, 0.25) is 0 Å². The van der Waals surface area contributed by atoms with Gasteiger partial charge >= 0.3 is 0 Å². The minimum absolute atomic E-state index is 0.0621. The van der Waals surface area contributed by atoms with Gasteiger partial charge in [0.1, 0.15) is 0 Å². The third kappa shape index (κ3) is 14.0. The van der Waals surface area contributed by atoms with Crippen LogP contribution < -0.4 is 18.9 Å². The minimum Gasteiger partial charge on any atom is -0.493 e. The third-order valence-electron chi connectivity index (χ3n) is 10.4. The standard InChI is InChI=1S/C47H66N2O6/c1-10-14-21-36(20-11-2)31-48-42-29-46(44(52-8)27-40(42)34(6)50)54-24-18-15-19-25-55-47-30-43(41(35(7)51)28-45(47)53-9)49-32-39(33(5)12-3)26-38-23-17-16-22-37(38)13-4/h16-17,22-23,27-33,36,39H,10-15,18-21,24-26H2,1-9H3. The van der Waals surface area contributed by atoms with Crippen LogP contribution in [0.1, 0.15) is 138 Å². The molecule has 3 rings (SSSR count). The van der Waals surface area contributed by atoms with Gasteiger partial charge in [-0.3, -0.25) is 19.6 Å². The number of ether oxygens (including phenoxy) is 4. The quantitative estimate of drug-likeness (QED) is 0.0460. The van der Waals surface area contributed by atoms with E-state index in [1.165, 1.54) is 11.1 Å². The third-order valence-corrected chi connectivity index (χ3v) is 10.4. The molecule has 0 spiro atoms. The van der Waals surface area contributed by atoms with Crippen molar-refractivity contribution in [2.24, 2.45) is 27.7 Å². The molecule has 300 valence electrons. The van der Waals surface area contributed by atoms with Crippen molar-refractivity contribution in [1.82, 2.24) is 0 Å². The second kappa shape index (κ2) is 24.1. The summed E-state index contributed by atoms with van der Waals surface area (Å²) in [4.78, 5) is 35.0. The van der Waals surface area contributed by atoms with Crippen LogP contribution in [0.25, 0.3) is 0 Å². The zero-order chi connectivity index (χ0) is 40.2. The zero-order valence-electron chi connectivity index (χ0n) is 35.0. The summed E-state index contributed by atoms with van der Waals surface area (Å²) < 4.78 is 23.6. The van der Waals surface area contributed by atoms with E-state index in [0.717, 1.165) is 70.6 Å². The lowest BCUT2D eigenvalue weighted by Crippen LogP contribution is -2.16. The summed E-state index contributed by atoms with van der Waals surface area (Å²) in [5, 5.41) is 0. The lowest BCUT2D eigenvalue weighted by molar-refractivity contribution is 0.100. The molecule has 3 aromatic rings. The first kappa shape index (κ1) is 44.9. The summed E-state index contributed by atoms with van der Waals surface area (Å²) in [5.74, 6) is 3.04. The Balaban J connectivity index is 1.67. The largest absolute Gasteiger partial charge is 0.493 e. The SMILES string of the molecule is CCCCC(C=Nc1cc(OCCCCCOc2cc(N=CC(Cc3ccccc3CC)C(C)CC)c(C(C)=O)cc2OC)c(OC)cc1C(C)=O)CCC. The number of benzene rings is 3. The Morgan fingerprint density at radius 2 is 1.22 bits per heavy atom. The average molecular weight is 755 g/mol. The lowest BCUT2D eigenvalue weighted by Gasteiger charge is -2.21. The van der Waals surface area contributed by atoms with Crippen LogP contribution in [-0.2, 0) is 12.8 Å². The molecule has 0 N–H and O–H groups in total. The van der Waals surface area contributed by atoms with Crippen molar-refractivity contribution in [2.75, 3.05) is 27.4 Å². The molecule has 8 heteroatoms. The van der Waals surface area contributed by atoms with Gasteiger partial charge < -0.3 is 18.9 Å². The Hall–Kier alpha value is -4.46. The Bertz CT molecular complexity index is 1710. The van der Waals surface area contributed by atoms with E-state index in [0.29, 0.717) is 70.5 Å². The number of carbonyl (C=O) groups excluding carboxylic acids is 2. The van der Waals surface area contributed by atoms with Crippen LogP contribution in [0, 0.1) is 17.8 Å². The molecule has 0 fully saturated rings. The van der Waals surface area contributed by atoms with E-state index in [4.69, 9.17) is 28.9 Å². The fraction of sp³-hybridized carbons (Fsp3) is 0.532. The minimum atomic E-state index is -0.0763. The molecule has 0 saturated carbocycles. The number of carbonyl (C=O) groups is 2. The maximum absolute atomic E-state index is 12.7. The van der Waals surface area contributed by atoms with Crippen LogP contribution in [0.2, 0.25) is 0 Å². The molecule has 0 aliphatic carbocycles. The van der Waals surface area contributed by atoms with Crippen LogP contribution in [-0.4, -0.2) is 51.4 Å². The molecule has 0 aliphatic rings. The van der Waals surface area contributed by atoms with Gasteiger partial charge in [0, 0.05) is 41.6 Å². The lowest BCUT2D eigenvalue weighted by atomic mass is 9.85. The predicted octanol–water partition coefficient (Wildman–Crippen LogP) is 12.2. The summed E-state index contributed by atoms with van der Waals surface area (Å²) in [6, 6.07) is 15.7. The number of nitrogens with zero attached hydrogens (tertiary/aromatic N) is 2. The van der Waals surface area contributed by atoms with Gasteiger partial charge in [0.05, 0.1) is 38.8 Å². The van der Waals surface area contributed by atoms with E-state index < -0.39 is 0 Å². The number of aliphatic imine (C=N–C) groups is 2. The highest BCUT2D eigenvalue weighted by Crippen LogP contribution is 2.37. The van der Waals surface area contributed by atoms with Gasteiger partial charge in [0.25, 0.3) is 0 Å². The van der Waals surface area contributed by atoms with Crippen molar-refractivity contribution in [3.8, 4) is 23.0 Å². The molecule has 55 heavy (non-hydrogen) atoms. The van der Waals surface area contributed by atoms with Gasteiger partial charge in [-0.05, 0) is 93.9 Å². The van der Waals surface area contributed by atoms with Crippen LogP contribution in [0.4, 0.5) is 11.4 Å². The van der Waals surface area contributed by atoms with E-state index >= 15 is 0 Å². The zero-order valence-corrected chi connectivity index (χ0v) is 35.0. The molecule has 0 saturated heterocycles. The maximum Gasteiger partial charge on any atom is 0.163 e. The van der Waals surface area contributed by atoms with Crippen molar-refractivity contribution in [1.29, 1.82) is 0 Å². The molecule has 3 aromatic carbocycles. The fourth-order valence-corrected chi connectivity index (χ4v) is 6.72. The van der Waals surface area contributed by atoms with Gasteiger partial charge in [-0.1, -0.05) is 84.6 Å². The predicted molar refractivity (Wildman–Crippen MR) is 228 cm³/mol. The Morgan fingerprint density at radius 3 is 1.69 bits per heavy atom. The van der Waals surface area contributed by atoms with E-state index in [9.17, 15) is 9.59 Å². The van der Waals surface area contributed by atoms with Crippen molar-refractivity contribution in [3.63, 3.8) is 0 Å². The monoisotopic (exact) mass is 754 g/mol. The number of hydrogen-bond donors (Lipinski definition) is 0. The number of hydrogen-bond acceptors (Lipinski definition) is 8. The Labute approximate surface area is 331 Å². The summed E-state index contributed by atoms with van der Waals surface area (Å²) in [6.07, 6.45) is 14.9. The second-order valence-electron chi connectivity index (χ2n) is 14.5. The highest BCUT2D eigenvalue weighted by atomic mass is 16.5. The molecule has 0 radical (unpaired) electrons. The topological polar surface area (TPSA) is 95.8 Å². The highest BCUT2D eigenvalue weighted by Gasteiger charge is 2.19. The molecule has 0 bridgehead atoms. The summed E-state index contributed by atoms with van der Waals surface area (Å²) >= 11 is 0. The number of aryl methyl sites for hydroxylation is 1. The van der Waals surface area contributed by atoms with Crippen molar-refractivity contribution >= 4 is 35.4 Å². The molecule has 0 aliphatic heterocycles. The molecule has 8 nitrogen and oxygen atoms in total. The second-order valence-corrected chi connectivity index (χ2v) is 14.5. The van der Waals surface area contributed by atoms with E-state index in [2.05, 4.69) is 58.9 Å². The van der Waals surface area contributed by atoms with Crippen molar-refractivity contribution in [3.05, 3.63) is 70.8 Å². The number of unbranched alkanes of at least 4 members (excludes halogenated alkanes) is 3.